The molecule has 1 aromatic carbocycles. The molecule has 1 fully saturated rings. The first-order valence-electron chi connectivity index (χ1n) is 9.72. The van der Waals surface area contributed by atoms with Gasteiger partial charge in [0, 0.05) is 26.7 Å². The standard InChI is InChI=1S/C20H32N2O4S/c1-3-4-5-6-17-7-9-18(10-8-17)27(24,25)20(19(21)23)11-13-22(14-12-20)15-16-26-2/h7-10H,3-6,11-16H2,1-2H3,(H2,21,23). The van der Waals surface area contributed by atoms with Gasteiger partial charge < -0.3 is 15.4 Å². The quantitative estimate of drug-likeness (QED) is 0.612. The second-order valence-electron chi connectivity index (χ2n) is 7.30. The Morgan fingerprint density at radius 1 is 1.19 bits per heavy atom. The summed E-state index contributed by atoms with van der Waals surface area (Å²) in [6.45, 7) is 4.48. The van der Waals surface area contributed by atoms with Crippen molar-refractivity contribution in [3.63, 3.8) is 0 Å². The molecule has 2 N–H and O–H groups in total. The molecule has 27 heavy (non-hydrogen) atoms. The Morgan fingerprint density at radius 3 is 2.33 bits per heavy atom. The van der Waals surface area contributed by atoms with E-state index < -0.39 is 20.5 Å². The number of amides is 1. The van der Waals surface area contributed by atoms with Gasteiger partial charge in [0.25, 0.3) is 0 Å². The number of rotatable bonds is 10. The molecule has 1 aromatic rings. The average molecular weight is 397 g/mol. The molecule has 1 aliphatic rings. The smallest absolute Gasteiger partial charge is 0.239 e. The van der Waals surface area contributed by atoms with E-state index >= 15 is 0 Å². The molecule has 0 spiro atoms. The second kappa shape index (κ2) is 9.66. The highest BCUT2D eigenvalue weighted by molar-refractivity contribution is 7.93. The van der Waals surface area contributed by atoms with Crippen molar-refractivity contribution in [2.45, 2.75) is 55.1 Å². The molecule has 1 heterocycles. The monoisotopic (exact) mass is 396 g/mol. The van der Waals surface area contributed by atoms with E-state index in [9.17, 15) is 13.2 Å². The van der Waals surface area contributed by atoms with Crippen LogP contribution < -0.4 is 5.73 Å². The summed E-state index contributed by atoms with van der Waals surface area (Å²) in [6, 6.07) is 6.95. The minimum absolute atomic E-state index is 0.186. The first-order valence-corrected chi connectivity index (χ1v) is 11.2. The highest BCUT2D eigenvalue weighted by atomic mass is 32.2. The average Bonchev–Trinajstić information content (AvgIpc) is 2.67. The molecule has 1 saturated heterocycles. The first kappa shape index (κ1) is 21.9. The lowest BCUT2D eigenvalue weighted by molar-refractivity contribution is -0.121. The van der Waals surface area contributed by atoms with Crippen LogP contribution in [0.2, 0.25) is 0 Å². The van der Waals surface area contributed by atoms with Crippen molar-refractivity contribution in [2.75, 3.05) is 33.4 Å². The number of sulfone groups is 1. The molecular formula is C20H32N2O4S. The van der Waals surface area contributed by atoms with Crippen molar-refractivity contribution >= 4 is 15.7 Å². The number of benzene rings is 1. The maximum absolute atomic E-state index is 13.3. The molecule has 0 saturated carbocycles. The minimum Gasteiger partial charge on any atom is -0.383 e. The van der Waals surface area contributed by atoms with Crippen molar-refractivity contribution in [3.05, 3.63) is 29.8 Å². The predicted octanol–water partition coefficient (Wildman–Crippen LogP) is 2.16. The SMILES string of the molecule is CCCCCc1ccc(S(=O)(=O)C2(C(N)=O)CCN(CCOC)CC2)cc1. The van der Waals surface area contributed by atoms with Crippen molar-refractivity contribution in [1.82, 2.24) is 4.90 Å². The second-order valence-corrected chi connectivity index (χ2v) is 9.56. The Balaban J connectivity index is 2.17. The van der Waals surface area contributed by atoms with Gasteiger partial charge in [-0.15, -0.1) is 0 Å². The Kier molecular flexibility index (Phi) is 7.82. The van der Waals surface area contributed by atoms with Crippen molar-refractivity contribution < 1.29 is 17.9 Å². The van der Waals surface area contributed by atoms with Crippen molar-refractivity contribution in [1.29, 1.82) is 0 Å². The molecular weight excluding hydrogens is 364 g/mol. The number of hydrogen-bond acceptors (Lipinski definition) is 5. The number of nitrogens with zero attached hydrogens (tertiary/aromatic N) is 1. The number of carbonyl (C=O) groups excluding carboxylic acids is 1. The van der Waals surface area contributed by atoms with E-state index in [2.05, 4.69) is 11.8 Å². The lowest BCUT2D eigenvalue weighted by atomic mass is 9.95. The molecule has 0 aromatic heterocycles. The highest BCUT2D eigenvalue weighted by Crippen LogP contribution is 2.35. The van der Waals surface area contributed by atoms with Crippen LogP contribution in [0.25, 0.3) is 0 Å². The van der Waals surface area contributed by atoms with E-state index in [4.69, 9.17) is 10.5 Å². The molecule has 1 amide bonds. The molecule has 0 bridgehead atoms. The minimum atomic E-state index is -3.84. The van der Waals surface area contributed by atoms with E-state index in [0.29, 0.717) is 19.7 Å². The molecule has 7 heteroatoms. The molecule has 2 rings (SSSR count). The number of likely N-dealkylation sites (tertiary alicyclic amines) is 1. The zero-order chi connectivity index (χ0) is 19.9. The zero-order valence-electron chi connectivity index (χ0n) is 16.4. The van der Waals surface area contributed by atoms with Gasteiger partial charge in [-0.2, -0.15) is 0 Å². The Hall–Kier alpha value is -1.44. The number of nitrogens with two attached hydrogens (primary N) is 1. The fourth-order valence-electron chi connectivity index (χ4n) is 3.65. The van der Waals surface area contributed by atoms with Crippen LogP contribution in [-0.4, -0.2) is 57.3 Å². The molecule has 152 valence electrons. The van der Waals surface area contributed by atoms with Crippen molar-refractivity contribution in [2.24, 2.45) is 5.73 Å². The topological polar surface area (TPSA) is 89.7 Å². The van der Waals surface area contributed by atoms with E-state index in [1.807, 2.05) is 12.1 Å². The summed E-state index contributed by atoms with van der Waals surface area (Å²) in [5.41, 5.74) is 6.74. The van der Waals surface area contributed by atoms with E-state index in [-0.39, 0.29) is 17.7 Å². The van der Waals surface area contributed by atoms with Gasteiger partial charge in [0.2, 0.25) is 5.91 Å². The highest BCUT2D eigenvalue weighted by Gasteiger charge is 2.51. The zero-order valence-corrected chi connectivity index (χ0v) is 17.3. The predicted molar refractivity (Wildman–Crippen MR) is 106 cm³/mol. The Labute approximate surface area is 163 Å². The first-order chi connectivity index (χ1) is 12.9. The number of ether oxygens (including phenoxy) is 1. The van der Waals surface area contributed by atoms with Crippen LogP contribution in [0.4, 0.5) is 0 Å². The summed E-state index contributed by atoms with van der Waals surface area (Å²) < 4.78 is 30.1. The van der Waals surface area contributed by atoms with Gasteiger partial charge >= 0.3 is 0 Å². The van der Waals surface area contributed by atoms with Gasteiger partial charge in [-0.1, -0.05) is 31.9 Å². The normalized spacial score (nSPS) is 17.7. The Bertz CT molecular complexity index is 708. The molecule has 0 unspecified atom stereocenters. The summed E-state index contributed by atoms with van der Waals surface area (Å²) in [4.78, 5) is 14.6. The van der Waals surface area contributed by atoms with E-state index in [1.54, 1.807) is 19.2 Å². The van der Waals surface area contributed by atoms with Gasteiger partial charge in [0.1, 0.15) is 0 Å². The van der Waals surface area contributed by atoms with Gasteiger partial charge in [0.05, 0.1) is 11.5 Å². The number of primary amides is 1. The van der Waals surface area contributed by atoms with Crippen LogP contribution >= 0.6 is 0 Å². The molecule has 1 aliphatic heterocycles. The van der Waals surface area contributed by atoms with Crippen LogP contribution in [0.15, 0.2) is 29.2 Å². The fraction of sp³-hybridized carbons (Fsp3) is 0.650. The van der Waals surface area contributed by atoms with Crippen molar-refractivity contribution in [3.8, 4) is 0 Å². The van der Waals surface area contributed by atoms with Gasteiger partial charge in [-0.25, -0.2) is 8.42 Å². The third-order valence-electron chi connectivity index (χ3n) is 5.54. The van der Waals surface area contributed by atoms with Crippen LogP contribution in [0.3, 0.4) is 0 Å². The summed E-state index contributed by atoms with van der Waals surface area (Å²) in [6.07, 6.45) is 4.76. The molecule has 6 nitrogen and oxygen atoms in total. The van der Waals surface area contributed by atoms with Crippen LogP contribution in [0.5, 0.6) is 0 Å². The van der Waals surface area contributed by atoms with Crippen LogP contribution in [-0.2, 0) is 25.8 Å². The number of hydrogen-bond donors (Lipinski definition) is 1. The van der Waals surface area contributed by atoms with E-state index in [0.717, 1.165) is 37.8 Å². The fourth-order valence-corrected chi connectivity index (χ4v) is 5.58. The number of carbonyl (C=O) groups is 1. The summed E-state index contributed by atoms with van der Waals surface area (Å²) >= 11 is 0. The number of piperidine rings is 1. The molecule has 0 atom stereocenters. The lowest BCUT2D eigenvalue weighted by Gasteiger charge is -2.38. The number of unbranched alkanes of at least 4 members (excludes halogenated alkanes) is 2. The van der Waals surface area contributed by atoms with E-state index in [1.165, 1.54) is 0 Å². The number of methoxy groups -OCH3 is 1. The number of aryl methyl sites for hydroxylation is 1. The molecule has 0 radical (unpaired) electrons. The lowest BCUT2D eigenvalue weighted by Crippen LogP contribution is -2.57. The van der Waals surface area contributed by atoms with Gasteiger partial charge in [-0.3, -0.25) is 4.79 Å². The Morgan fingerprint density at radius 2 is 1.81 bits per heavy atom. The largest absolute Gasteiger partial charge is 0.383 e. The third kappa shape index (κ3) is 4.89. The summed E-state index contributed by atoms with van der Waals surface area (Å²) in [5.74, 6) is -0.749. The van der Waals surface area contributed by atoms with Crippen LogP contribution in [0, 0.1) is 0 Å². The molecule has 0 aliphatic carbocycles. The third-order valence-corrected chi connectivity index (χ3v) is 8.07. The summed E-state index contributed by atoms with van der Waals surface area (Å²) in [5, 5.41) is 0. The summed E-state index contributed by atoms with van der Waals surface area (Å²) in [7, 11) is -2.21. The maximum atomic E-state index is 13.3. The maximum Gasteiger partial charge on any atom is 0.239 e. The van der Waals surface area contributed by atoms with Gasteiger partial charge in [-0.05, 0) is 43.4 Å². The van der Waals surface area contributed by atoms with Gasteiger partial charge in [0.15, 0.2) is 14.6 Å². The van der Waals surface area contributed by atoms with Crippen LogP contribution in [0.1, 0.15) is 44.6 Å².